The highest BCUT2D eigenvalue weighted by atomic mass is 16.5. The van der Waals surface area contributed by atoms with Crippen molar-refractivity contribution in [2.45, 2.75) is 25.7 Å². The van der Waals surface area contributed by atoms with Crippen LogP contribution in [0.4, 0.5) is 0 Å². The second-order valence-electron chi connectivity index (χ2n) is 7.37. The summed E-state index contributed by atoms with van der Waals surface area (Å²) in [5.74, 6) is -1.37. The topological polar surface area (TPSA) is 112 Å². The smallest absolute Gasteiger partial charge is 0.361 e. The molecule has 0 aliphatic carbocycles. The Hall–Kier alpha value is -3.93. The highest BCUT2D eigenvalue weighted by molar-refractivity contribution is 5.90. The molecule has 166 valence electrons. The average Bonchev–Trinajstić information content (AvgIpc) is 3.21. The number of rotatable bonds is 7. The van der Waals surface area contributed by atoms with Gasteiger partial charge in [-0.25, -0.2) is 14.8 Å². The van der Waals surface area contributed by atoms with E-state index in [0.717, 1.165) is 5.56 Å². The Labute approximate surface area is 185 Å². The molecule has 0 spiro atoms. The number of nitrogens with zero attached hydrogens (tertiary/aromatic N) is 5. The van der Waals surface area contributed by atoms with Crippen molar-refractivity contribution < 1.29 is 14.3 Å². The summed E-state index contributed by atoms with van der Waals surface area (Å²) in [6.07, 6.45) is 3.54. The van der Waals surface area contributed by atoms with Crippen LogP contribution in [0.15, 0.2) is 41.6 Å². The first kappa shape index (κ1) is 22.7. The number of ether oxygens (including phenoxy) is 2. The SMILES string of the molecule is CCOC(=O)c1nc(C(C)C(c2cn(C)cn2)c2ccccc2C#N)n(C)c(=O)c1OC. The molecular formula is C23H25N5O4. The van der Waals surface area contributed by atoms with Crippen molar-refractivity contribution in [1.82, 2.24) is 19.1 Å². The number of aryl methyl sites for hydroxylation is 1. The average molecular weight is 435 g/mol. The van der Waals surface area contributed by atoms with E-state index >= 15 is 0 Å². The normalized spacial score (nSPS) is 12.6. The minimum Gasteiger partial charge on any atom is -0.489 e. The Bertz CT molecular complexity index is 1240. The van der Waals surface area contributed by atoms with Crippen LogP contribution in [0.2, 0.25) is 0 Å². The van der Waals surface area contributed by atoms with E-state index in [0.29, 0.717) is 17.1 Å². The van der Waals surface area contributed by atoms with Gasteiger partial charge in [0.2, 0.25) is 5.75 Å². The van der Waals surface area contributed by atoms with Crippen molar-refractivity contribution in [3.63, 3.8) is 0 Å². The highest BCUT2D eigenvalue weighted by Gasteiger charge is 2.32. The van der Waals surface area contributed by atoms with Crippen LogP contribution in [0, 0.1) is 11.3 Å². The van der Waals surface area contributed by atoms with Gasteiger partial charge < -0.3 is 14.0 Å². The molecule has 0 aliphatic rings. The maximum absolute atomic E-state index is 13.0. The zero-order chi connectivity index (χ0) is 23.4. The predicted octanol–water partition coefficient (Wildman–Crippen LogP) is 2.51. The zero-order valence-electron chi connectivity index (χ0n) is 18.7. The molecule has 0 bridgehead atoms. The first-order chi connectivity index (χ1) is 15.3. The number of imidazole rings is 1. The van der Waals surface area contributed by atoms with Gasteiger partial charge in [-0.1, -0.05) is 25.1 Å². The summed E-state index contributed by atoms with van der Waals surface area (Å²) in [4.78, 5) is 34.5. The molecule has 3 aromatic rings. The summed E-state index contributed by atoms with van der Waals surface area (Å²) < 4.78 is 13.4. The van der Waals surface area contributed by atoms with Gasteiger partial charge in [0.25, 0.3) is 5.56 Å². The molecule has 0 radical (unpaired) electrons. The lowest BCUT2D eigenvalue weighted by Gasteiger charge is -2.25. The fourth-order valence-corrected chi connectivity index (χ4v) is 3.82. The van der Waals surface area contributed by atoms with Crippen LogP contribution < -0.4 is 10.3 Å². The molecule has 9 heteroatoms. The molecule has 0 saturated carbocycles. The van der Waals surface area contributed by atoms with Crippen LogP contribution in [0.1, 0.15) is 58.8 Å². The van der Waals surface area contributed by atoms with Crippen LogP contribution >= 0.6 is 0 Å². The predicted molar refractivity (Wildman–Crippen MR) is 117 cm³/mol. The van der Waals surface area contributed by atoms with Gasteiger partial charge in [-0.3, -0.25) is 9.36 Å². The fourth-order valence-electron chi connectivity index (χ4n) is 3.82. The van der Waals surface area contributed by atoms with Crippen molar-refractivity contribution in [2.75, 3.05) is 13.7 Å². The molecule has 3 rings (SSSR count). The van der Waals surface area contributed by atoms with Crippen molar-refractivity contribution in [1.29, 1.82) is 5.26 Å². The summed E-state index contributed by atoms with van der Waals surface area (Å²) >= 11 is 0. The standard InChI is InChI=1S/C23H25N5O4/c1-6-32-23(30)19-20(31-5)22(29)28(4)21(26-19)14(2)18(17-12-27(3)13-25-17)16-10-8-7-9-15(16)11-24/h7-10,12-14,18H,6H2,1-5H3. The lowest BCUT2D eigenvalue weighted by Crippen LogP contribution is -2.30. The van der Waals surface area contributed by atoms with E-state index in [1.165, 1.54) is 11.7 Å². The monoisotopic (exact) mass is 435 g/mol. The van der Waals surface area contributed by atoms with Gasteiger partial charge in [-0.15, -0.1) is 0 Å². The third-order valence-corrected chi connectivity index (χ3v) is 5.32. The minimum absolute atomic E-state index is 0.135. The number of esters is 1. The Balaban J connectivity index is 2.25. The lowest BCUT2D eigenvalue weighted by molar-refractivity contribution is 0.0514. The number of carbonyl (C=O) groups is 1. The van der Waals surface area contributed by atoms with Crippen LogP contribution in [0.3, 0.4) is 0 Å². The Morgan fingerprint density at radius 1 is 1.28 bits per heavy atom. The van der Waals surface area contributed by atoms with Crippen molar-refractivity contribution in [2.24, 2.45) is 14.1 Å². The molecule has 0 saturated heterocycles. The van der Waals surface area contributed by atoms with E-state index in [2.05, 4.69) is 16.0 Å². The van der Waals surface area contributed by atoms with E-state index in [1.54, 1.807) is 32.4 Å². The van der Waals surface area contributed by atoms with Gasteiger partial charge in [0.1, 0.15) is 5.82 Å². The molecule has 0 amide bonds. The van der Waals surface area contributed by atoms with E-state index in [-0.39, 0.29) is 18.1 Å². The Morgan fingerprint density at radius 2 is 2.00 bits per heavy atom. The number of hydrogen-bond acceptors (Lipinski definition) is 7. The highest BCUT2D eigenvalue weighted by Crippen LogP contribution is 2.38. The fraction of sp³-hybridized carbons (Fsp3) is 0.348. The van der Waals surface area contributed by atoms with Crippen molar-refractivity contribution >= 4 is 5.97 Å². The molecule has 0 fully saturated rings. The first-order valence-corrected chi connectivity index (χ1v) is 10.1. The molecule has 2 atom stereocenters. The maximum atomic E-state index is 13.0. The number of aromatic nitrogens is 4. The number of hydrogen-bond donors (Lipinski definition) is 0. The van der Waals surface area contributed by atoms with Gasteiger partial charge in [-0.2, -0.15) is 5.26 Å². The number of methoxy groups -OCH3 is 1. The third-order valence-electron chi connectivity index (χ3n) is 5.32. The van der Waals surface area contributed by atoms with Crippen LogP contribution in [0.5, 0.6) is 5.75 Å². The minimum atomic E-state index is -0.734. The molecule has 2 heterocycles. The van der Waals surface area contributed by atoms with Crippen LogP contribution in [0.25, 0.3) is 0 Å². The number of carbonyl (C=O) groups excluding carboxylic acids is 1. The zero-order valence-corrected chi connectivity index (χ0v) is 18.7. The third kappa shape index (κ3) is 4.12. The van der Waals surface area contributed by atoms with Crippen LogP contribution in [-0.4, -0.2) is 38.8 Å². The molecule has 32 heavy (non-hydrogen) atoms. The largest absolute Gasteiger partial charge is 0.489 e. The molecule has 2 aromatic heterocycles. The molecule has 9 nitrogen and oxygen atoms in total. The van der Waals surface area contributed by atoms with Crippen LogP contribution in [-0.2, 0) is 18.8 Å². The van der Waals surface area contributed by atoms with Gasteiger partial charge in [0.15, 0.2) is 5.69 Å². The summed E-state index contributed by atoms with van der Waals surface area (Å²) in [7, 11) is 4.74. The first-order valence-electron chi connectivity index (χ1n) is 10.1. The Morgan fingerprint density at radius 3 is 2.59 bits per heavy atom. The van der Waals surface area contributed by atoms with E-state index in [9.17, 15) is 14.9 Å². The van der Waals surface area contributed by atoms with E-state index in [1.807, 2.05) is 36.9 Å². The molecule has 2 unspecified atom stereocenters. The second kappa shape index (κ2) is 9.47. The van der Waals surface area contributed by atoms with Gasteiger partial charge >= 0.3 is 5.97 Å². The summed E-state index contributed by atoms with van der Waals surface area (Å²) in [5, 5.41) is 9.69. The summed E-state index contributed by atoms with van der Waals surface area (Å²) in [6, 6.07) is 9.48. The number of nitriles is 1. The van der Waals surface area contributed by atoms with Gasteiger partial charge in [0.05, 0.1) is 37.4 Å². The summed E-state index contributed by atoms with van der Waals surface area (Å²) in [5.41, 5.74) is 1.29. The quantitative estimate of drug-likeness (QED) is 0.524. The van der Waals surface area contributed by atoms with Crippen molar-refractivity contribution in [3.8, 4) is 11.8 Å². The van der Waals surface area contributed by atoms with E-state index < -0.39 is 23.4 Å². The maximum Gasteiger partial charge on any atom is 0.361 e. The van der Waals surface area contributed by atoms with Gasteiger partial charge in [0, 0.05) is 32.1 Å². The van der Waals surface area contributed by atoms with Crippen molar-refractivity contribution in [3.05, 3.63) is 75.5 Å². The molecule has 1 aromatic carbocycles. The molecule has 0 N–H and O–H groups in total. The molecular weight excluding hydrogens is 410 g/mol. The van der Waals surface area contributed by atoms with E-state index in [4.69, 9.17) is 9.47 Å². The second-order valence-corrected chi connectivity index (χ2v) is 7.37. The van der Waals surface area contributed by atoms with Gasteiger partial charge in [-0.05, 0) is 18.6 Å². The number of benzene rings is 1. The lowest BCUT2D eigenvalue weighted by atomic mass is 9.82. The summed E-state index contributed by atoms with van der Waals surface area (Å²) in [6.45, 7) is 3.69. The Kier molecular flexibility index (Phi) is 6.73. The molecule has 0 aliphatic heterocycles.